The first kappa shape index (κ1) is 8.94. The molecule has 3 nitrogen and oxygen atoms in total. The normalized spacial score (nSPS) is 15.9. The van der Waals surface area contributed by atoms with Crippen LogP contribution in [0.15, 0.2) is 18.2 Å². The molecule has 3 heteroatoms. The van der Waals surface area contributed by atoms with Gasteiger partial charge in [0.1, 0.15) is 12.9 Å². The number of fused-ring (bicyclic) bond motifs is 1. The molecule has 0 amide bonds. The zero-order valence-corrected chi connectivity index (χ0v) is 7.82. The van der Waals surface area contributed by atoms with Gasteiger partial charge in [-0.1, -0.05) is 19.1 Å². The van der Waals surface area contributed by atoms with Gasteiger partial charge >= 0.3 is 5.97 Å². The third-order valence-electron chi connectivity index (χ3n) is 2.44. The molecular weight excluding hydrogens is 180 g/mol. The van der Waals surface area contributed by atoms with Gasteiger partial charge in [-0.3, -0.25) is 0 Å². The fourth-order valence-corrected chi connectivity index (χ4v) is 1.52. The predicted molar refractivity (Wildman–Crippen MR) is 50.0 cm³/mol. The lowest BCUT2D eigenvalue weighted by Gasteiger charge is -2.04. The Balaban J connectivity index is 2.41. The molecule has 1 atom stereocenters. The molecule has 0 unspecified atom stereocenters. The molecule has 1 aromatic carbocycles. The SMILES string of the molecule is C[C@H](C=O)c1ccc2c(c1)COC2=O. The number of carbonyl (C=O) groups excluding carboxylic acids is 2. The molecule has 1 heterocycles. The summed E-state index contributed by atoms with van der Waals surface area (Å²) in [7, 11) is 0. The number of esters is 1. The molecule has 0 saturated heterocycles. The molecule has 0 radical (unpaired) electrons. The highest BCUT2D eigenvalue weighted by Gasteiger charge is 2.21. The van der Waals surface area contributed by atoms with Crippen molar-refractivity contribution in [3.63, 3.8) is 0 Å². The maximum Gasteiger partial charge on any atom is 0.338 e. The van der Waals surface area contributed by atoms with Crippen molar-refractivity contribution in [1.29, 1.82) is 0 Å². The van der Waals surface area contributed by atoms with E-state index < -0.39 is 0 Å². The molecule has 1 aromatic rings. The quantitative estimate of drug-likeness (QED) is 0.526. The Hall–Kier alpha value is -1.64. The Labute approximate surface area is 81.7 Å². The van der Waals surface area contributed by atoms with E-state index in [1.807, 2.05) is 13.0 Å². The van der Waals surface area contributed by atoms with Gasteiger partial charge in [0.2, 0.25) is 0 Å². The Kier molecular flexibility index (Phi) is 2.08. The Morgan fingerprint density at radius 1 is 1.50 bits per heavy atom. The van der Waals surface area contributed by atoms with Gasteiger partial charge in [-0.25, -0.2) is 4.79 Å². The fourth-order valence-electron chi connectivity index (χ4n) is 1.52. The summed E-state index contributed by atoms with van der Waals surface area (Å²) in [5, 5.41) is 0. The van der Waals surface area contributed by atoms with Crippen LogP contribution in [0.25, 0.3) is 0 Å². The van der Waals surface area contributed by atoms with Gasteiger partial charge in [-0.2, -0.15) is 0 Å². The summed E-state index contributed by atoms with van der Waals surface area (Å²) in [5.41, 5.74) is 2.42. The minimum Gasteiger partial charge on any atom is -0.457 e. The van der Waals surface area contributed by atoms with E-state index in [0.29, 0.717) is 12.2 Å². The minimum absolute atomic E-state index is 0.129. The van der Waals surface area contributed by atoms with E-state index in [2.05, 4.69) is 0 Å². The van der Waals surface area contributed by atoms with E-state index >= 15 is 0 Å². The lowest BCUT2D eigenvalue weighted by atomic mass is 9.98. The summed E-state index contributed by atoms with van der Waals surface area (Å²) in [5.74, 6) is -0.402. The highest BCUT2D eigenvalue weighted by atomic mass is 16.5. The Morgan fingerprint density at radius 2 is 2.29 bits per heavy atom. The van der Waals surface area contributed by atoms with Gasteiger partial charge in [-0.15, -0.1) is 0 Å². The first-order valence-electron chi connectivity index (χ1n) is 4.47. The highest BCUT2D eigenvalue weighted by molar-refractivity contribution is 5.93. The third kappa shape index (κ3) is 1.31. The van der Waals surface area contributed by atoms with Crippen LogP contribution in [0.2, 0.25) is 0 Å². The average molecular weight is 190 g/mol. The van der Waals surface area contributed by atoms with E-state index in [1.54, 1.807) is 12.1 Å². The van der Waals surface area contributed by atoms with Gasteiger partial charge in [-0.05, 0) is 11.6 Å². The zero-order valence-electron chi connectivity index (χ0n) is 7.82. The molecule has 2 rings (SSSR count). The van der Waals surface area contributed by atoms with E-state index in [1.165, 1.54) is 0 Å². The number of benzene rings is 1. The summed E-state index contributed by atoms with van der Waals surface area (Å²) in [6, 6.07) is 5.38. The monoisotopic (exact) mass is 190 g/mol. The van der Waals surface area contributed by atoms with Crippen LogP contribution in [0, 0.1) is 0 Å². The second-order valence-corrected chi connectivity index (χ2v) is 3.42. The van der Waals surface area contributed by atoms with Gasteiger partial charge in [0.25, 0.3) is 0 Å². The van der Waals surface area contributed by atoms with E-state index in [4.69, 9.17) is 4.74 Å². The van der Waals surface area contributed by atoms with Crippen molar-refractivity contribution < 1.29 is 14.3 Å². The van der Waals surface area contributed by atoms with Crippen LogP contribution in [0.3, 0.4) is 0 Å². The molecule has 0 bridgehead atoms. The molecule has 14 heavy (non-hydrogen) atoms. The second kappa shape index (κ2) is 3.25. The molecule has 0 spiro atoms. The van der Waals surface area contributed by atoms with Crippen LogP contribution in [0.5, 0.6) is 0 Å². The zero-order chi connectivity index (χ0) is 10.1. The van der Waals surface area contributed by atoms with Crippen LogP contribution in [-0.4, -0.2) is 12.3 Å². The standard InChI is InChI=1S/C11H10O3/c1-7(5-12)8-2-3-10-9(4-8)6-14-11(10)13/h2-5,7H,6H2,1H3/t7-/m1/s1. The van der Waals surface area contributed by atoms with Crippen molar-refractivity contribution >= 4 is 12.3 Å². The predicted octanol–water partition coefficient (Wildman–Crippen LogP) is 1.66. The van der Waals surface area contributed by atoms with E-state index in [-0.39, 0.29) is 11.9 Å². The molecule has 0 aliphatic carbocycles. The molecule has 0 aromatic heterocycles. The largest absolute Gasteiger partial charge is 0.457 e. The van der Waals surface area contributed by atoms with E-state index in [0.717, 1.165) is 17.4 Å². The summed E-state index contributed by atoms with van der Waals surface area (Å²) in [4.78, 5) is 21.7. The van der Waals surface area contributed by atoms with Gasteiger partial charge < -0.3 is 9.53 Å². The number of hydrogen-bond acceptors (Lipinski definition) is 3. The Bertz CT molecular complexity index is 396. The smallest absolute Gasteiger partial charge is 0.338 e. The van der Waals surface area contributed by atoms with Crippen molar-refractivity contribution in [3.05, 3.63) is 34.9 Å². The average Bonchev–Trinajstić information content (AvgIpc) is 2.59. The molecule has 0 fully saturated rings. The molecule has 0 N–H and O–H groups in total. The lowest BCUT2D eigenvalue weighted by Crippen LogP contribution is -1.97. The van der Waals surface area contributed by atoms with Crippen molar-refractivity contribution in [1.82, 2.24) is 0 Å². The van der Waals surface area contributed by atoms with Crippen LogP contribution in [0.1, 0.15) is 34.3 Å². The summed E-state index contributed by atoms with van der Waals surface area (Å²) in [6.45, 7) is 2.15. The topological polar surface area (TPSA) is 43.4 Å². The highest BCUT2D eigenvalue weighted by Crippen LogP contribution is 2.23. The van der Waals surface area contributed by atoms with Crippen LogP contribution < -0.4 is 0 Å². The molecule has 1 aliphatic heterocycles. The lowest BCUT2D eigenvalue weighted by molar-refractivity contribution is -0.108. The molecular formula is C11H10O3. The first-order chi connectivity index (χ1) is 6.72. The van der Waals surface area contributed by atoms with Crippen LogP contribution >= 0.6 is 0 Å². The van der Waals surface area contributed by atoms with Gasteiger partial charge in [0, 0.05) is 11.5 Å². The molecule has 0 saturated carbocycles. The number of ether oxygens (including phenoxy) is 1. The first-order valence-corrected chi connectivity index (χ1v) is 4.47. The van der Waals surface area contributed by atoms with Crippen molar-refractivity contribution in [2.75, 3.05) is 0 Å². The Morgan fingerprint density at radius 3 is 3.00 bits per heavy atom. The number of aldehydes is 1. The third-order valence-corrected chi connectivity index (χ3v) is 2.44. The summed E-state index contributed by atoms with van der Waals surface area (Å²) in [6.07, 6.45) is 0.888. The summed E-state index contributed by atoms with van der Waals surface area (Å²) < 4.78 is 4.86. The van der Waals surface area contributed by atoms with Crippen molar-refractivity contribution in [3.8, 4) is 0 Å². The van der Waals surface area contributed by atoms with Crippen molar-refractivity contribution in [2.24, 2.45) is 0 Å². The van der Waals surface area contributed by atoms with Crippen LogP contribution in [0.4, 0.5) is 0 Å². The number of carbonyl (C=O) groups is 2. The maximum atomic E-state index is 11.1. The number of cyclic esters (lactones) is 1. The molecule has 72 valence electrons. The fraction of sp³-hybridized carbons (Fsp3) is 0.273. The molecule has 1 aliphatic rings. The number of rotatable bonds is 2. The summed E-state index contributed by atoms with van der Waals surface area (Å²) >= 11 is 0. The minimum atomic E-state index is -0.273. The maximum absolute atomic E-state index is 11.1. The van der Waals surface area contributed by atoms with Gasteiger partial charge in [0.15, 0.2) is 0 Å². The second-order valence-electron chi connectivity index (χ2n) is 3.42. The van der Waals surface area contributed by atoms with Crippen LogP contribution in [-0.2, 0) is 16.1 Å². The number of hydrogen-bond donors (Lipinski definition) is 0. The van der Waals surface area contributed by atoms with Crippen molar-refractivity contribution in [2.45, 2.75) is 19.4 Å². The van der Waals surface area contributed by atoms with E-state index in [9.17, 15) is 9.59 Å². The van der Waals surface area contributed by atoms with Gasteiger partial charge in [0.05, 0.1) is 5.56 Å².